The molecule has 1 aromatic carbocycles. The molecule has 1 N–H and O–H groups in total. The first-order valence-electron chi connectivity index (χ1n) is 9.52. The van der Waals surface area contributed by atoms with Gasteiger partial charge < -0.3 is 19.5 Å². The predicted molar refractivity (Wildman–Crippen MR) is 100 cm³/mol. The van der Waals surface area contributed by atoms with E-state index < -0.39 is 11.2 Å². The number of piperidine rings is 2. The lowest BCUT2D eigenvalue weighted by atomic mass is 9.72. The Morgan fingerprint density at radius 2 is 1.85 bits per heavy atom. The Hall–Kier alpha value is -1.75. The molecule has 3 rings (SSSR count). The van der Waals surface area contributed by atoms with Crippen LogP contribution < -0.4 is 4.74 Å². The van der Waals surface area contributed by atoms with Crippen LogP contribution >= 0.6 is 0 Å². The summed E-state index contributed by atoms with van der Waals surface area (Å²) >= 11 is 0. The number of aliphatic hydroxyl groups is 1. The summed E-state index contributed by atoms with van der Waals surface area (Å²) in [6.45, 7) is 7.66. The second-order valence-electron chi connectivity index (χ2n) is 8.75. The summed E-state index contributed by atoms with van der Waals surface area (Å²) < 4.78 is 11.1. The molecule has 2 atom stereocenters. The number of benzene rings is 1. The Kier molecular flexibility index (Phi) is 4.95. The molecule has 0 aromatic heterocycles. The molecular weight excluding hydrogens is 330 g/mol. The van der Waals surface area contributed by atoms with Gasteiger partial charge in [0.25, 0.3) is 0 Å². The van der Waals surface area contributed by atoms with Crippen LogP contribution in [0.15, 0.2) is 18.2 Å². The normalized spacial score (nSPS) is 28.6. The summed E-state index contributed by atoms with van der Waals surface area (Å²) in [5.41, 5.74) is 0.477. The zero-order valence-corrected chi connectivity index (χ0v) is 16.5. The Bertz CT molecular complexity index is 665. The Morgan fingerprint density at radius 3 is 2.38 bits per heavy atom. The number of carbonyl (C=O) groups is 1. The molecule has 0 aliphatic carbocycles. The number of ether oxygens (including phenoxy) is 2. The highest BCUT2D eigenvalue weighted by molar-refractivity contribution is 5.69. The van der Waals surface area contributed by atoms with Crippen molar-refractivity contribution in [2.24, 2.45) is 0 Å². The molecular formula is C21H31NO4. The molecule has 0 saturated carbocycles. The smallest absolute Gasteiger partial charge is 0.410 e. The molecule has 2 aliphatic heterocycles. The van der Waals surface area contributed by atoms with E-state index in [0.29, 0.717) is 12.8 Å². The first-order valence-corrected chi connectivity index (χ1v) is 9.52. The molecule has 2 bridgehead atoms. The van der Waals surface area contributed by atoms with E-state index in [1.54, 1.807) is 7.11 Å². The summed E-state index contributed by atoms with van der Waals surface area (Å²) in [7, 11) is 1.65. The molecule has 2 aliphatic rings. The number of carbonyl (C=O) groups excluding carboxylic acids is 1. The van der Waals surface area contributed by atoms with Crippen LogP contribution in [0.25, 0.3) is 0 Å². The molecule has 0 radical (unpaired) electrons. The third kappa shape index (κ3) is 3.68. The maximum atomic E-state index is 12.7. The summed E-state index contributed by atoms with van der Waals surface area (Å²) in [6.07, 6.45) is 3.71. The number of methoxy groups -OCH3 is 1. The molecule has 1 aromatic rings. The van der Waals surface area contributed by atoms with Gasteiger partial charge in [0.2, 0.25) is 0 Å². The largest absolute Gasteiger partial charge is 0.496 e. The molecule has 26 heavy (non-hydrogen) atoms. The van der Waals surface area contributed by atoms with Crippen LogP contribution in [-0.2, 0) is 10.3 Å². The van der Waals surface area contributed by atoms with Gasteiger partial charge in [-0.15, -0.1) is 0 Å². The van der Waals surface area contributed by atoms with E-state index in [1.165, 1.54) is 0 Å². The topological polar surface area (TPSA) is 59.0 Å². The maximum Gasteiger partial charge on any atom is 0.410 e. The SMILES string of the molecule is COc1cc(C2(O)CC3CCCC(C2)N3C(=O)OC(C)(C)C)ccc1C. The molecule has 144 valence electrons. The van der Waals surface area contributed by atoms with Gasteiger partial charge in [0, 0.05) is 24.9 Å². The van der Waals surface area contributed by atoms with Crippen LogP contribution in [0.3, 0.4) is 0 Å². The van der Waals surface area contributed by atoms with E-state index in [0.717, 1.165) is 36.1 Å². The number of fused-ring (bicyclic) bond motifs is 2. The standard InChI is InChI=1S/C21H31NO4/c1-14-9-10-15(11-18(14)25-5)21(24)12-16-7-6-8-17(13-21)22(16)19(23)26-20(2,3)4/h9-11,16-17,24H,6-8,12-13H2,1-5H3. The van der Waals surface area contributed by atoms with Gasteiger partial charge in [-0.25, -0.2) is 4.79 Å². The highest BCUT2D eigenvalue weighted by Crippen LogP contribution is 2.45. The third-order valence-corrected chi connectivity index (χ3v) is 5.56. The van der Waals surface area contributed by atoms with E-state index >= 15 is 0 Å². The lowest BCUT2D eigenvalue weighted by molar-refractivity contribution is -0.0965. The van der Waals surface area contributed by atoms with Gasteiger partial charge in [0.15, 0.2) is 0 Å². The van der Waals surface area contributed by atoms with E-state index in [4.69, 9.17) is 9.47 Å². The lowest BCUT2D eigenvalue weighted by Crippen LogP contribution is -2.59. The van der Waals surface area contributed by atoms with Crippen molar-refractivity contribution in [2.45, 2.75) is 83.1 Å². The number of nitrogens with zero attached hydrogens (tertiary/aromatic N) is 1. The van der Waals surface area contributed by atoms with Gasteiger partial charge in [-0.05, 0) is 64.2 Å². The Labute approximate surface area is 156 Å². The minimum absolute atomic E-state index is 0.00893. The van der Waals surface area contributed by atoms with E-state index in [2.05, 4.69) is 0 Å². The number of rotatable bonds is 2. The quantitative estimate of drug-likeness (QED) is 0.860. The number of hydrogen-bond donors (Lipinski definition) is 1. The average Bonchev–Trinajstić information content (AvgIpc) is 2.52. The molecule has 2 saturated heterocycles. The van der Waals surface area contributed by atoms with Gasteiger partial charge >= 0.3 is 6.09 Å². The lowest BCUT2D eigenvalue weighted by Gasteiger charge is -2.51. The van der Waals surface area contributed by atoms with Crippen LogP contribution in [-0.4, -0.2) is 40.9 Å². The van der Waals surface area contributed by atoms with E-state index in [1.807, 2.05) is 50.8 Å². The molecule has 1 amide bonds. The molecule has 5 nitrogen and oxygen atoms in total. The minimum atomic E-state index is -0.935. The van der Waals surface area contributed by atoms with Crippen LogP contribution in [0.5, 0.6) is 5.75 Å². The number of hydrogen-bond acceptors (Lipinski definition) is 4. The van der Waals surface area contributed by atoms with Gasteiger partial charge in [-0.2, -0.15) is 0 Å². The van der Waals surface area contributed by atoms with Gasteiger partial charge in [0.1, 0.15) is 11.4 Å². The molecule has 5 heteroatoms. The van der Waals surface area contributed by atoms with Crippen molar-refractivity contribution >= 4 is 6.09 Å². The monoisotopic (exact) mass is 361 g/mol. The van der Waals surface area contributed by atoms with Crippen LogP contribution in [0.4, 0.5) is 4.79 Å². The highest BCUT2D eigenvalue weighted by Gasteiger charge is 2.49. The van der Waals surface area contributed by atoms with Crippen molar-refractivity contribution in [3.63, 3.8) is 0 Å². The molecule has 0 spiro atoms. The van der Waals surface area contributed by atoms with Crippen LogP contribution in [0.1, 0.15) is 64.0 Å². The maximum absolute atomic E-state index is 12.7. The second kappa shape index (κ2) is 6.76. The number of aryl methyl sites for hydroxylation is 1. The van der Waals surface area contributed by atoms with Crippen molar-refractivity contribution in [2.75, 3.05) is 7.11 Å². The molecule has 2 fully saturated rings. The minimum Gasteiger partial charge on any atom is -0.496 e. The molecule has 2 unspecified atom stereocenters. The fraction of sp³-hybridized carbons (Fsp3) is 0.667. The Morgan fingerprint density at radius 1 is 1.23 bits per heavy atom. The number of amides is 1. The van der Waals surface area contributed by atoms with E-state index in [9.17, 15) is 9.90 Å². The van der Waals surface area contributed by atoms with Crippen molar-refractivity contribution in [1.82, 2.24) is 4.90 Å². The fourth-order valence-electron chi connectivity index (χ4n) is 4.39. The Balaban J connectivity index is 1.86. The van der Waals surface area contributed by atoms with Crippen LogP contribution in [0.2, 0.25) is 0 Å². The third-order valence-electron chi connectivity index (χ3n) is 5.56. The van der Waals surface area contributed by atoms with Crippen molar-refractivity contribution in [3.05, 3.63) is 29.3 Å². The fourth-order valence-corrected chi connectivity index (χ4v) is 4.39. The first-order chi connectivity index (χ1) is 12.1. The first kappa shape index (κ1) is 19.0. The average molecular weight is 361 g/mol. The summed E-state index contributed by atoms with van der Waals surface area (Å²) in [4.78, 5) is 14.6. The highest BCUT2D eigenvalue weighted by atomic mass is 16.6. The van der Waals surface area contributed by atoms with Gasteiger partial charge in [-0.1, -0.05) is 12.1 Å². The summed E-state index contributed by atoms with van der Waals surface area (Å²) in [5, 5.41) is 11.5. The van der Waals surface area contributed by atoms with Gasteiger partial charge in [0.05, 0.1) is 12.7 Å². The van der Waals surface area contributed by atoms with Gasteiger partial charge in [-0.3, -0.25) is 0 Å². The summed E-state index contributed by atoms with van der Waals surface area (Å²) in [5.74, 6) is 0.788. The van der Waals surface area contributed by atoms with Crippen molar-refractivity contribution in [1.29, 1.82) is 0 Å². The van der Waals surface area contributed by atoms with Crippen LogP contribution in [0, 0.1) is 6.92 Å². The van der Waals surface area contributed by atoms with E-state index in [-0.39, 0.29) is 18.2 Å². The van der Waals surface area contributed by atoms with Crippen molar-refractivity contribution < 1.29 is 19.4 Å². The summed E-state index contributed by atoms with van der Waals surface area (Å²) in [6, 6.07) is 5.93. The zero-order chi connectivity index (χ0) is 19.1. The van der Waals surface area contributed by atoms with Crippen molar-refractivity contribution in [3.8, 4) is 5.75 Å². The zero-order valence-electron chi connectivity index (χ0n) is 16.5. The second-order valence-corrected chi connectivity index (χ2v) is 8.75. The predicted octanol–water partition coefficient (Wildman–Crippen LogP) is 4.14. The molecule has 2 heterocycles.